The van der Waals surface area contributed by atoms with Crippen molar-refractivity contribution in [3.05, 3.63) is 69.7 Å². The molecule has 1 atom stereocenters. The number of benzene rings is 2. The predicted molar refractivity (Wildman–Crippen MR) is 117 cm³/mol. The number of carbonyl (C=O) groups excluding carboxylic acids is 1. The van der Waals surface area contributed by atoms with E-state index < -0.39 is 5.60 Å². The lowest BCUT2D eigenvalue weighted by Crippen LogP contribution is -2.30. The van der Waals surface area contributed by atoms with Gasteiger partial charge in [-0.05, 0) is 55.7 Å². The first-order valence-electron chi connectivity index (χ1n) is 9.30. The van der Waals surface area contributed by atoms with Crippen molar-refractivity contribution in [1.82, 2.24) is 0 Å². The fourth-order valence-electron chi connectivity index (χ4n) is 2.70. The van der Waals surface area contributed by atoms with Crippen molar-refractivity contribution in [3.8, 4) is 0 Å². The van der Waals surface area contributed by atoms with Gasteiger partial charge in [0, 0.05) is 28.8 Å². The fourth-order valence-corrected chi connectivity index (χ4v) is 2.95. The van der Waals surface area contributed by atoms with Crippen LogP contribution in [0.3, 0.4) is 0 Å². The average molecular weight is 437 g/mol. The van der Waals surface area contributed by atoms with Crippen LogP contribution in [0, 0.1) is 5.92 Å². The molecule has 156 valence electrons. The Morgan fingerprint density at radius 2 is 1.59 bits per heavy atom. The van der Waals surface area contributed by atoms with Crippen molar-refractivity contribution in [2.75, 3.05) is 6.61 Å². The van der Waals surface area contributed by atoms with Crippen molar-refractivity contribution in [2.45, 2.75) is 38.7 Å². The quantitative estimate of drug-likeness (QED) is 0.328. The third-order valence-corrected chi connectivity index (χ3v) is 4.69. The summed E-state index contributed by atoms with van der Waals surface area (Å²) in [5, 5.41) is 14.9. The molecule has 0 amide bonds. The Labute approximate surface area is 181 Å². The van der Waals surface area contributed by atoms with Gasteiger partial charge >= 0.3 is 0 Å². The van der Waals surface area contributed by atoms with Gasteiger partial charge < -0.3 is 15.7 Å². The van der Waals surface area contributed by atoms with Crippen LogP contribution in [-0.4, -0.2) is 28.9 Å². The van der Waals surface area contributed by atoms with Crippen molar-refractivity contribution in [3.63, 3.8) is 0 Å². The zero-order valence-corrected chi connectivity index (χ0v) is 18.1. The summed E-state index contributed by atoms with van der Waals surface area (Å²) in [6, 6.07) is 14.6. The molecule has 0 unspecified atom stereocenters. The van der Waals surface area contributed by atoms with Crippen LogP contribution in [0.2, 0.25) is 10.0 Å². The summed E-state index contributed by atoms with van der Waals surface area (Å²) in [7, 11) is 0. The minimum atomic E-state index is -1.03. The molecule has 0 bridgehead atoms. The topological polar surface area (TPSA) is 84.9 Å². The minimum absolute atomic E-state index is 0.0000854. The number of hydrogen-bond acceptors (Lipinski definition) is 4. The molecule has 0 spiro atoms. The van der Waals surface area contributed by atoms with Crippen molar-refractivity contribution >= 4 is 34.8 Å². The highest BCUT2D eigenvalue weighted by molar-refractivity contribution is 6.30. The molecule has 0 fully saturated rings. The van der Waals surface area contributed by atoms with Crippen LogP contribution < -0.4 is 5.73 Å². The number of ketones is 1. The summed E-state index contributed by atoms with van der Waals surface area (Å²) in [5.74, 6) is -0.0849. The highest BCUT2D eigenvalue weighted by Gasteiger charge is 2.20. The van der Waals surface area contributed by atoms with E-state index in [1.165, 1.54) is 0 Å². The first-order chi connectivity index (χ1) is 13.6. The number of halogens is 2. The van der Waals surface area contributed by atoms with E-state index in [1.54, 1.807) is 38.1 Å². The number of Topliss-reactive ketones (excluding diaryl/α,β-unsaturated/α-hetero) is 1. The van der Waals surface area contributed by atoms with E-state index in [0.717, 1.165) is 11.1 Å². The van der Waals surface area contributed by atoms with E-state index in [2.05, 4.69) is 5.16 Å². The molecule has 2 aromatic carbocycles. The van der Waals surface area contributed by atoms with E-state index in [1.807, 2.05) is 24.3 Å². The molecule has 2 aromatic rings. The Kier molecular flexibility index (Phi) is 8.50. The lowest BCUT2D eigenvalue weighted by atomic mass is 9.91. The van der Waals surface area contributed by atoms with Crippen LogP contribution in [0.25, 0.3) is 0 Å². The van der Waals surface area contributed by atoms with Gasteiger partial charge in [0.2, 0.25) is 0 Å². The standard InChI is InChI=1S/C22H26Cl2N2O3/c1-22(2,28)14-29-26-21(25)17(11-15-3-7-18(23)8-4-15)13-20(27)12-16-5-9-19(24)10-6-16/h3-10,17,28H,11-14H2,1-2H3,(H2,25,26)/t17-/m1/s1. The number of oxime groups is 1. The van der Waals surface area contributed by atoms with Gasteiger partial charge in [-0.3, -0.25) is 4.79 Å². The summed E-state index contributed by atoms with van der Waals surface area (Å²) in [5.41, 5.74) is 6.98. The second kappa shape index (κ2) is 10.6. The Bertz CT molecular complexity index is 829. The molecule has 7 heteroatoms. The summed E-state index contributed by atoms with van der Waals surface area (Å²) in [6.45, 7) is 3.22. The summed E-state index contributed by atoms with van der Waals surface area (Å²) >= 11 is 11.8. The van der Waals surface area contributed by atoms with Crippen molar-refractivity contribution in [1.29, 1.82) is 0 Å². The average Bonchev–Trinajstić information content (AvgIpc) is 2.63. The zero-order valence-electron chi connectivity index (χ0n) is 16.6. The third-order valence-electron chi connectivity index (χ3n) is 4.19. The van der Waals surface area contributed by atoms with Crippen LogP contribution in [0.1, 0.15) is 31.4 Å². The summed E-state index contributed by atoms with van der Waals surface area (Å²) < 4.78 is 0. The van der Waals surface area contributed by atoms with E-state index in [9.17, 15) is 9.90 Å². The Hall–Kier alpha value is -2.08. The van der Waals surface area contributed by atoms with E-state index in [0.29, 0.717) is 16.5 Å². The Morgan fingerprint density at radius 1 is 1.07 bits per heavy atom. The largest absolute Gasteiger partial charge is 0.391 e. The second-order valence-electron chi connectivity index (χ2n) is 7.68. The molecule has 0 heterocycles. The number of nitrogens with two attached hydrogens (primary N) is 1. The summed E-state index contributed by atoms with van der Waals surface area (Å²) in [4.78, 5) is 17.8. The molecule has 0 aromatic heterocycles. The monoisotopic (exact) mass is 436 g/mol. The maximum atomic E-state index is 12.6. The third kappa shape index (κ3) is 8.86. The number of rotatable bonds is 10. The van der Waals surface area contributed by atoms with Gasteiger partial charge in [0.25, 0.3) is 0 Å². The lowest BCUT2D eigenvalue weighted by molar-refractivity contribution is -0.118. The molecule has 0 aliphatic heterocycles. The number of hydrogen-bond donors (Lipinski definition) is 2. The summed E-state index contributed by atoms with van der Waals surface area (Å²) in [6.07, 6.45) is 1.02. The molecule has 0 aliphatic carbocycles. The van der Waals surface area contributed by atoms with Gasteiger partial charge in [0.1, 0.15) is 18.2 Å². The highest BCUT2D eigenvalue weighted by atomic mass is 35.5. The number of amidine groups is 1. The molecular formula is C22H26Cl2N2O3. The maximum Gasteiger partial charge on any atom is 0.145 e. The van der Waals surface area contributed by atoms with Crippen molar-refractivity contribution in [2.24, 2.45) is 16.8 Å². The molecule has 3 N–H and O–H groups in total. The minimum Gasteiger partial charge on any atom is -0.391 e. The molecule has 0 radical (unpaired) electrons. The van der Waals surface area contributed by atoms with E-state index in [4.69, 9.17) is 33.8 Å². The normalized spacial score (nSPS) is 13.2. The zero-order chi connectivity index (χ0) is 21.4. The lowest BCUT2D eigenvalue weighted by Gasteiger charge is -2.18. The van der Waals surface area contributed by atoms with Crippen LogP contribution >= 0.6 is 23.2 Å². The van der Waals surface area contributed by atoms with E-state index in [-0.39, 0.29) is 37.0 Å². The van der Waals surface area contributed by atoms with Crippen LogP contribution in [0.5, 0.6) is 0 Å². The number of nitrogens with zero attached hydrogens (tertiary/aromatic N) is 1. The maximum absolute atomic E-state index is 12.6. The predicted octanol–water partition coefficient (Wildman–Crippen LogP) is 4.41. The van der Waals surface area contributed by atoms with Crippen LogP contribution in [0.15, 0.2) is 53.7 Å². The van der Waals surface area contributed by atoms with Crippen LogP contribution in [0.4, 0.5) is 0 Å². The molecule has 0 saturated carbocycles. The van der Waals surface area contributed by atoms with Crippen LogP contribution in [-0.2, 0) is 22.5 Å². The fraction of sp³-hybridized carbons (Fsp3) is 0.364. The van der Waals surface area contributed by atoms with Gasteiger partial charge in [-0.1, -0.05) is 52.6 Å². The molecule has 5 nitrogen and oxygen atoms in total. The SMILES string of the molecule is CC(C)(O)CO/N=C(\N)[C@@H](CC(=O)Cc1ccc(Cl)cc1)Cc1ccc(Cl)cc1. The van der Waals surface area contributed by atoms with Gasteiger partial charge in [0.15, 0.2) is 0 Å². The second-order valence-corrected chi connectivity index (χ2v) is 8.55. The van der Waals surface area contributed by atoms with Gasteiger partial charge in [-0.2, -0.15) is 0 Å². The first kappa shape index (κ1) is 23.2. The van der Waals surface area contributed by atoms with Crippen molar-refractivity contribution < 1.29 is 14.7 Å². The Balaban J connectivity index is 2.09. The smallest absolute Gasteiger partial charge is 0.145 e. The van der Waals surface area contributed by atoms with Gasteiger partial charge in [-0.15, -0.1) is 0 Å². The highest BCUT2D eigenvalue weighted by Crippen LogP contribution is 2.18. The molecule has 0 saturated heterocycles. The molecular weight excluding hydrogens is 411 g/mol. The first-order valence-corrected chi connectivity index (χ1v) is 10.1. The van der Waals surface area contributed by atoms with Gasteiger partial charge in [-0.25, -0.2) is 0 Å². The van der Waals surface area contributed by atoms with Gasteiger partial charge in [0.05, 0.1) is 5.60 Å². The number of carbonyl (C=O) groups is 1. The Morgan fingerprint density at radius 3 is 2.10 bits per heavy atom. The number of aliphatic hydroxyl groups is 1. The van der Waals surface area contributed by atoms with E-state index >= 15 is 0 Å². The molecule has 0 aliphatic rings. The molecule has 29 heavy (non-hydrogen) atoms. The molecule has 2 rings (SSSR count).